The van der Waals surface area contributed by atoms with Crippen molar-refractivity contribution in [1.29, 1.82) is 0 Å². The van der Waals surface area contributed by atoms with Crippen molar-refractivity contribution >= 4 is 28.9 Å². The van der Waals surface area contributed by atoms with Crippen molar-refractivity contribution in [3.05, 3.63) is 41.5 Å². The van der Waals surface area contributed by atoms with Crippen molar-refractivity contribution in [2.45, 2.75) is 12.7 Å². The second-order valence-corrected chi connectivity index (χ2v) is 4.30. The van der Waals surface area contributed by atoms with Crippen molar-refractivity contribution in [3.63, 3.8) is 0 Å². The molecule has 16 heavy (non-hydrogen) atoms. The van der Waals surface area contributed by atoms with Gasteiger partial charge in [-0.15, -0.1) is 0 Å². The fraction of sp³-hybridized carbons (Fsp3) is 0.167. The molecule has 1 aromatic carbocycles. The Balaban J connectivity index is 2.83. The predicted octanol–water partition coefficient (Wildman–Crippen LogP) is 2.56. The van der Waals surface area contributed by atoms with Gasteiger partial charge in [0.05, 0.1) is 0 Å². The van der Waals surface area contributed by atoms with Crippen LogP contribution in [-0.2, 0) is 15.3 Å². The van der Waals surface area contributed by atoms with Gasteiger partial charge in [-0.05, 0) is 17.2 Å². The number of benzene rings is 1. The minimum atomic E-state index is -0.978. The van der Waals surface area contributed by atoms with E-state index in [1.807, 2.05) is 24.3 Å². The molecule has 4 heteroatoms. The zero-order valence-electron chi connectivity index (χ0n) is 8.84. The number of thioether (sulfide) groups is 1. The number of carboxylic acid groups (broad SMARTS) is 1. The number of carbonyl (C=O) groups is 2. The van der Waals surface area contributed by atoms with E-state index in [9.17, 15) is 9.59 Å². The summed E-state index contributed by atoms with van der Waals surface area (Å²) < 4.78 is 0. The average Bonchev–Trinajstić information content (AvgIpc) is 2.24. The Kier molecular flexibility index (Phi) is 4.79. The second-order valence-electron chi connectivity index (χ2n) is 3.15. The molecule has 0 atom stereocenters. The highest BCUT2D eigenvalue weighted by molar-refractivity contribution is 8.12. The summed E-state index contributed by atoms with van der Waals surface area (Å²) in [5.41, 5.74) is 1.79. The Morgan fingerprint density at radius 1 is 1.38 bits per heavy atom. The number of hydrogen-bond acceptors (Lipinski definition) is 3. The molecule has 0 amide bonds. The Morgan fingerprint density at radius 2 is 2.06 bits per heavy atom. The van der Waals surface area contributed by atoms with Crippen LogP contribution in [-0.4, -0.2) is 16.2 Å². The van der Waals surface area contributed by atoms with Crippen LogP contribution in [0.15, 0.2) is 30.3 Å². The largest absolute Gasteiger partial charge is 0.478 e. The Morgan fingerprint density at radius 3 is 2.69 bits per heavy atom. The first-order valence-electron chi connectivity index (χ1n) is 4.72. The monoisotopic (exact) mass is 236 g/mol. The summed E-state index contributed by atoms with van der Waals surface area (Å²) in [6.45, 7) is 1.51. The van der Waals surface area contributed by atoms with Crippen LogP contribution in [0.25, 0.3) is 6.08 Å². The summed E-state index contributed by atoms with van der Waals surface area (Å²) in [5.74, 6) is -0.413. The summed E-state index contributed by atoms with van der Waals surface area (Å²) >= 11 is 1.21. The molecule has 0 radical (unpaired) electrons. The quantitative estimate of drug-likeness (QED) is 0.816. The molecule has 0 aliphatic carbocycles. The molecule has 0 aliphatic heterocycles. The molecule has 1 rings (SSSR count). The summed E-state index contributed by atoms with van der Waals surface area (Å²) in [5, 5.41) is 8.59. The van der Waals surface area contributed by atoms with Crippen LogP contribution in [0, 0.1) is 0 Å². The van der Waals surface area contributed by atoms with Gasteiger partial charge in [0.15, 0.2) is 5.12 Å². The van der Waals surface area contributed by atoms with Gasteiger partial charge in [0.2, 0.25) is 0 Å². The molecule has 0 unspecified atom stereocenters. The van der Waals surface area contributed by atoms with E-state index >= 15 is 0 Å². The first-order valence-corrected chi connectivity index (χ1v) is 5.70. The fourth-order valence-electron chi connectivity index (χ4n) is 1.17. The lowest BCUT2D eigenvalue weighted by Gasteiger charge is -2.03. The van der Waals surface area contributed by atoms with Crippen LogP contribution in [0.2, 0.25) is 0 Å². The zero-order valence-corrected chi connectivity index (χ0v) is 9.66. The van der Waals surface area contributed by atoms with Gasteiger partial charge in [-0.25, -0.2) is 4.79 Å². The lowest BCUT2D eigenvalue weighted by atomic mass is 10.1. The van der Waals surface area contributed by atoms with E-state index in [1.165, 1.54) is 18.7 Å². The molecule has 0 fully saturated rings. The van der Waals surface area contributed by atoms with Crippen molar-refractivity contribution in [2.24, 2.45) is 0 Å². The van der Waals surface area contributed by atoms with Gasteiger partial charge in [0.1, 0.15) is 0 Å². The molecule has 0 saturated carbocycles. The summed E-state index contributed by atoms with van der Waals surface area (Å²) in [6.07, 6.45) is 2.63. The molecule has 3 nitrogen and oxygen atoms in total. The number of aliphatic carboxylic acids is 1. The molecule has 0 saturated heterocycles. The maximum Gasteiger partial charge on any atom is 0.328 e. The molecule has 0 aliphatic rings. The maximum absolute atomic E-state index is 10.8. The van der Waals surface area contributed by atoms with Crippen molar-refractivity contribution < 1.29 is 14.7 Å². The molecular weight excluding hydrogens is 224 g/mol. The zero-order chi connectivity index (χ0) is 12.0. The smallest absolute Gasteiger partial charge is 0.328 e. The second kappa shape index (κ2) is 6.12. The van der Waals surface area contributed by atoms with Gasteiger partial charge in [-0.1, -0.05) is 36.0 Å². The number of carboxylic acids is 1. The van der Waals surface area contributed by atoms with Gasteiger partial charge in [-0.3, -0.25) is 4.79 Å². The molecular formula is C12H12O3S. The van der Waals surface area contributed by atoms with E-state index in [0.717, 1.165) is 17.2 Å². The van der Waals surface area contributed by atoms with E-state index in [0.29, 0.717) is 5.75 Å². The number of carbonyl (C=O) groups excluding carboxylic acids is 1. The van der Waals surface area contributed by atoms with Gasteiger partial charge in [-0.2, -0.15) is 0 Å². The summed E-state index contributed by atoms with van der Waals surface area (Å²) in [6, 6.07) is 7.42. The average molecular weight is 236 g/mol. The van der Waals surface area contributed by atoms with Gasteiger partial charge < -0.3 is 5.11 Å². The number of hydrogen-bond donors (Lipinski definition) is 1. The summed E-state index contributed by atoms with van der Waals surface area (Å²) in [4.78, 5) is 21.2. The first kappa shape index (κ1) is 12.5. The SMILES string of the molecule is CC(=O)SCc1ccccc1/C=C\C(=O)O. The fourth-order valence-corrected chi connectivity index (χ4v) is 1.79. The highest BCUT2D eigenvalue weighted by Crippen LogP contribution is 2.18. The van der Waals surface area contributed by atoms with Crippen molar-refractivity contribution in [2.75, 3.05) is 0 Å². The number of rotatable bonds is 4. The third kappa shape index (κ3) is 4.31. The van der Waals surface area contributed by atoms with Crippen molar-refractivity contribution in [3.8, 4) is 0 Å². The summed E-state index contributed by atoms with van der Waals surface area (Å²) in [7, 11) is 0. The first-order chi connectivity index (χ1) is 7.59. The standard InChI is InChI=1S/C12H12O3S/c1-9(13)16-8-11-5-3-2-4-10(11)6-7-12(14)15/h2-7H,8H2,1H3,(H,14,15)/b7-6-. The Hall–Kier alpha value is -1.55. The molecule has 0 spiro atoms. The third-order valence-electron chi connectivity index (χ3n) is 1.89. The Bertz CT molecular complexity index is 424. The molecule has 1 aromatic rings. The van der Waals surface area contributed by atoms with Crippen LogP contribution >= 0.6 is 11.8 Å². The Labute approximate surface area is 98.2 Å². The minimum absolute atomic E-state index is 0.0528. The topological polar surface area (TPSA) is 54.4 Å². The molecule has 1 N–H and O–H groups in total. The molecule has 0 heterocycles. The molecule has 0 bridgehead atoms. The van der Waals surface area contributed by atoms with Crippen LogP contribution in [0.4, 0.5) is 0 Å². The lowest BCUT2D eigenvalue weighted by Crippen LogP contribution is -1.91. The molecule has 0 aromatic heterocycles. The van der Waals surface area contributed by atoms with E-state index in [2.05, 4.69) is 0 Å². The van der Waals surface area contributed by atoms with E-state index in [-0.39, 0.29) is 5.12 Å². The van der Waals surface area contributed by atoms with Gasteiger partial charge >= 0.3 is 5.97 Å². The third-order valence-corrected chi connectivity index (χ3v) is 2.75. The van der Waals surface area contributed by atoms with Crippen LogP contribution in [0.3, 0.4) is 0 Å². The van der Waals surface area contributed by atoms with Gasteiger partial charge in [0, 0.05) is 18.8 Å². The van der Waals surface area contributed by atoms with E-state index in [4.69, 9.17) is 5.11 Å². The maximum atomic E-state index is 10.8. The van der Waals surface area contributed by atoms with Crippen molar-refractivity contribution in [1.82, 2.24) is 0 Å². The minimum Gasteiger partial charge on any atom is -0.478 e. The predicted molar refractivity (Wildman–Crippen MR) is 65.1 cm³/mol. The van der Waals surface area contributed by atoms with Gasteiger partial charge in [0.25, 0.3) is 0 Å². The van der Waals surface area contributed by atoms with Crippen LogP contribution in [0.5, 0.6) is 0 Å². The van der Waals surface area contributed by atoms with E-state index in [1.54, 1.807) is 6.08 Å². The highest BCUT2D eigenvalue weighted by atomic mass is 32.2. The normalized spacial score (nSPS) is 10.6. The van der Waals surface area contributed by atoms with Crippen LogP contribution < -0.4 is 0 Å². The van der Waals surface area contributed by atoms with Crippen LogP contribution in [0.1, 0.15) is 18.1 Å². The van der Waals surface area contributed by atoms with E-state index < -0.39 is 5.97 Å². The highest BCUT2D eigenvalue weighted by Gasteiger charge is 2.01. The lowest BCUT2D eigenvalue weighted by molar-refractivity contribution is -0.131. The molecule has 84 valence electrons.